The van der Waals surface area contributed by atoms with Gasteiger partial charge in [-0.2, -0.15) is 5.10 Å². The SMILES string of the molecule is CCC(C)(C)Oc1c(C(N)=S)c(C)nn1C. The largest absolute Gasteiger partial charge is 0.471 e. The maximum Gasteiger partial charge on any atom is 0.222 e. The van der Waals surface area contributed by atoms with Crippen LogP contribution in [0.1, 0.15) is 38.4 Å². The lowest BCUT2D eigenvalue weighted by Gasteiger charge is -2.25. The van der Waals surface area contributed by atoms with Crippen LogP contribution in [0, 0.1) is 6.92 Å². The van der Waals surface area contributed by atoms with Crippen LogP contribution in [0.4, 0.5) is 0 Å². The maximum absolute atomic E-state index is 5.93. The molecule has 1 rings (SSSR count). The second-order valence-corrected chi connectivity index (χ2v) is 4.91. The third-order valence-corrected chi connectivity index (χ3v) is 2.84. The summed E-state index contributed by atoms with van der Waals surface area (Å²) in [6.45, 7) is 8.00. The van der Waals surface area contributed by atoms with Crippen LogP contribution < -0.4 is 10.5 Å². The first kappa shape index (κ1) is 13.0. The number of aryl methyl sites for hydroxylation is 2. The molecule has 0 spiro atoms. The molecule has 0 aliphatic carbocycles. The van der Waals surface area contributed by atoms with Crippen LogP contribution in [-0.4, -0.2) is 20.4 Å². The molecule has 1 heterocycles. The van der Waals surface area contributed by atoms with E-state index >= 15 is 0 Å². The molecule has 0 unspecified atom stereocenters. The minimum atomic E-state index is -0.250. The molecule has 0 aliphatic rings. The van der Waals surface area contributed by atoms with Crippen molar-refractivity contribution in [2.75, 3.05) is 0 Å². The monoisotopic (exact) mass is 241 g/mol. The van der Waals surface area contributed by atoms with E-state index in [2.05, 4.69) is 12.0 Å². The molecule has 1 aromatic heterocycles. The van der Waals surface area contributed by atoms with Gasteiger partial charge in [0.05, 0.1) is 11.3 Å². The van der Waals surface area contributed by atoms with E-state index < -0.39 is 0 Å². The Morgan fingerprint density at radius 3 is 2.56 bits per heavy atom. The fourth-order valence-corrected chi connectivity index (χ4v) is 1.61. The Morgan fingerprint density at radius 2 is 2.12 bits per heavy atom. The van der Waals surface area contributed by atoms with Gasteiger partial charge in [0.2, 0.25) is 5.88 Å². The maximum atomic E-state index is 5.93. The zero-order valence-corrected chi connectivity index (χ0v) is 11.3. The smallest absolute Gasteiger partial charge is 0.222 e. The molecule has 4 nitrogen and oxygen atoms in total. The number of rotatable bonds is 4. The van der Waals surface area contributed by atoms with E-state index in [0.717, 1.165) is 17.7 Å². The molecule has 0 saturated carbocycles. The van der Waals surface area contributed by atoms with E-state index in [4.69, 9.17) is 22.7 Å². The van der Waals surface area contributed by atoms with Crippen molar-refractivity contribution in [3.63, 3.8) is 0 Å². The van der Waals surface area contributed by atoms with Crippen molar-refractivity contribution in [1.82, 2.24) is 9.78 Å². The highest BCUT2D eigenvalue weighted by molar-refractivity contribution is 7.80. The van der Waals surface area contributed by atoms with Crippen LogP contribution in [0.2, 0.25) is 0 Å². The molecule has 0 fully saturated rings. The first-order valence-corrected chi connectivity index (χ1v) is 5.71. The summed E-state index contributed by atoms with van der Waals surface area (Å²) in [7, 11) is 1.83. The molecule has 1 aromatic rings. The van der Waals surface area contributed by atoms with Gasteiger partial charge >= 0.3 is 0 Å². The number of ether oxygens (including phenoxy) is 1. The first-order valence-electron chi connectivity index (χ1n) is 5.31. The van der Waals surface area contributed by atoms with Crippen LogP contribution in [0.5, 0.6) is 5.88 Å². The minimum Gasteiger partial charge on any atom is -0.471 e. The van der Waals surface area contributed by atoms with E-state index in [1.807, 2.05) is 27.8 Å². The molecule has 0 bridgehead atoms. The van der Waals surface area contributed by atoms with Crippen LogP contribution in [0.25, 0.3) is 0 Å². The van der Waals surface area contributed by atoms with E-state index in [1.165, 1.54) is 0 Å². The van der Waals surface area contributed by atoms with Gasteiger partial charge in [-0.25, -0.2) is 4.68 Å². The molecule has 0 aromatic carbocycles. The van der Waals surface area contributed by atoms with Crippen molar-refractivity contribution in [2.24, 2.45) is 12.8 Å². The highest BCUT2D eigenvalue weighted by Gasteiger charge is 2.24. The predicted octanol–water partition coefficient (Wildman–Crippen LogP) is 1.93. The van der Waals surface area contributed by atoms with Gasteiger partial charge < -0.3 is 10.5 Å². The third-order valence-electron chi connectivity index (χ3n) is 2.64. The van der Waals surface area contributed by atoms with Crippen molar-refractivity contribution in [3.05, 3.63) is 11.3 Å². The van der Waals surface area contributed by atoms with E-state index in [-0.39, 0.29) is 5.60 Å². The number of thiocarbonyl (C=S) groups is 1. The number of nitrogens with zero attached hydrogens (tertiary/aromatic N) is 2. The molecule has 0 radical (unpaired) electrons. The molecule has 90 valence electrons. The standard InChI is InChI=1S/C11H19N3OS/c1-6-11(3,4)15-10-8(9(12)16)7(2)13-14(10)5/h6H2,1-5H3,(H2,12,16). The fraction of sp³-hybridized carbons (Fsp3) is 0.636. The fourth-order valence-electron chi connectivity index (χ4n) is 1.37. The molecular weight excluding hydrogens is 222 g/mol. The number of hydrogen-bond donors (Lipinski definition) is 1. The topological polar surface area (TPSA) is 53.1 Å². The Bertz CT molecular complexity index is 410. The van der Waals surface area contributed by atoms with Crippen molar-refractivity contribution in [2.45, 2.75) is 39.7 Å². The summed E-state index contributed by atoms with van der Waals surface area (Å²) in [5, 5.41) is 4.27. The number of aromatic nitrogens is 2. The Labute approximate surface area is 102 Å². The van der Waals surface area contributed by atoms with Gasteiger partial charge in [0, 0.05) is 7.05 Å². The van der Waals surface area contributed by atoms with Crippen molar-refractivity contribution in [3.8, 4) is 5.88 Å². The van der Waals surface area contributed by atoms with E-state index in [0.29, 0.717) is 10.9 Å². The lowest BCUT2D eigenvalue weighted by molar-refractivity contribution is 0.0930. The third kappa shape index (κ3) is 2.52. The number of nitrogens with two attached hydrogens (primary N) is 1. The molecule has 0 amide bonds. The van der Waals surface area contributed by atoms with Crippen molar-refractivity contribution in [1.29, 1.82) is 0 Å². The summed E-state index contributed by atoms with van der Waals surface area (Å²) >= 11 is 5.02. The molecule has 16 heavy (non-hydrogen) atoms. The lowest BCUT2D eigenvalue weighted by Crippen LogP contribution is -2.29. The minimum absolute atomic E-state index is 0.250. The Hall–Kier alpha value is -1.10. The van der Waals surface area contributed by atoms with Gasteiger partial charge in [-0.05, 0) is 27.2 Å². The zero-order chi connectivity index (χ0) is 12.5. The second-order valence-electron chi connectivity index (χ2n) is 4.47. The van der Waals surface area contributed by atoms with Crippen LogP contribution in [0.3, 0.4) is 0 Å². The summed E-state index contributed by atoms with van der Waals surface area (Å²) in [5.74, 6) is 0.650. The summed E-state index contributed by atoms with van der Waals surface area (Å²) in [4.78, 5) is 0.326. The summed E-state index contributed by atoms with van der Waals surface area (Å²) < 4.78 is 7.61. The quantitative estimate of drug-likeness (QED) is 0.818. The van der Waals surface area contributed by atoms with Crippen molar-refractivity contribution >= 4 is 17.2 Å². The molecule has 0 saturated heterocycles. The van der Waals surface area contributed by atoms with Gasteiger partial charge in [0.1, 0.15) is 10.6 Å². The molecule has 0 atom stereocenters. The Morgan fingerprint density at radius 1 is 1.56 bits per heavy atom. The molecule has 2 N–H and O–H groups in total. The number of hydrogen-bond acceptors (Lipinski definition) is 3. The Kier molecular flexibility index (Phi) is 3.57. The van der Waals surface area contributed by atoms with E-state index in [1.54, 1.807) is 4.68 Å². The molecular formula is C11H19N3OS. The Balaban J connectivity index is 3.18. The second kappa shape index (κ2) is 4.41. The summed E-state index contributed by atoms with van der Waals surface area (Å²) in [5.41, 5.74) is 6.97. The van der Waals surface area contributed by atoms with Gasteiger partial charge in [-0.3, -0.25) is 0 Å². The van der Waals surface area contributed by atoms with Crippen LogP contribution in [-0.2, 0) is 7.05 Å². The zero-order valence-electron chi connectivity index (χ0n) is 10.5. The van der Waals surface area contributed by atoms with Crippen molar-refractivity contribution < 1.29 is 4.74 Å². The first-order chi connectivity index (χ1) is 7.28. The average Bonchev–Trinajstić information content (AvgIpc) is 2.41. The van der Waals surface area contributed by atoms with Gasteiger partial charge in [0.25, 0.3) is 0 Å². The van der Waals surface area contributed by atoms with Crippen LogP contribution >= 0.6 is 12.2 Å². The van der Waals surface area contributed by atoms with Gasteiger partial charge in [-0.1, -0.05) is 19.1 Å². The predicted molar refractivity (Wildman–Crippen MR) is 68.8 cm³/mol. The lowest BCUT2D eigenvalue weighted by atomic mass is 10.1. The van der Waals surface area contributed by atoms with E-state index in [9.17, 15) is 0 Å². The highest BCUT2D eigenvalue weighted by Crippen LogP contribution is 2.26. The summed E-state index contributed by atoms with van der Waals surface area (Å²) in [6.07, 6.45) is 0.897. The van der Waals surface area contributed by atoms with Gasteiger partial charge in [0.15, 0.2) is 0 Å². The molecule has 0 aliphatic heterocycles. The molecule has 5 heteroatoms. The van der Waals surface area contributed by atoms with Crippen LogP contribution in [0.15, 0.2) is 0 Å². The summed E-state index contributed by atoms with van der Waals surface area (Å²) in [6, 6.07) is 0. The highest BCUT2D eigenvalue weighted by atomic mass is 32.1. The average molecular weight is 241 g/mol. The van der Waals surface area contributed by atoms with Gasteiger partial charge in [-0.15, -0.1) is 0 Å². The normalized spacial score (nSPS) is 11.6.